The van der Waals surface area contributed by atoms with Crippen molar-refractivity contribution in [2.45, 2.75) is 25.1 Å². The highest BCUT2D eigenvalue weighted by Crippen LogP contribution is 2.47. The van der Waals surface area contributed by atoms with E-state index in [4.69, 9.17) is 25.8 Å². The average Bonchev–Trinajstić information content (AvgIpc) is 2.79. The van der Waals surface area contributed by atoms with Gasteiger partial charge in [0.05, 0.1) is 38.9 Å². The average molecular weight is 488 g/mol. The van der Waals surface area contributed by atoms with Gasteiger partial charge < -0.3 is 19.3 Å². The van der Waals surface area contributed by atoms with Gasteiger partial charge in [0, 0.05) is 17.1 Å². The minimum absolute atomic E-state index is 0.127. The molecule has 33 heavy (non-hydrogen) atoms. The van der Waals surface area contributed by atoms with Gasteiger partial charge in [0.2, 0.25) is 5.75 Å². The van der Waals surface area contributed by atoms with Gasteiger partial charge >= 0.3 is 12.1 Å². The highest BCUT2D eigenvalue weighted by atomic mass is 35.5. The Hall–Kier alpha value is -2.65. The lowest BCUT2D eigenvalue weighted by Crippen LogP contribution is -2.41. The molecule has 1 saturated heterocycles. The van der Waals surface area contributed by atoms with Crippen molar-refractivity contribution < 1.29 is 37.3 Å². The summed E-state index contributed by atoms with van der Waals surface area (Å²) in [6, 6.07) is 5.63. The van der Waals surface area contributed by atoms with E-state index in [1.54, 1.807) is 12.1 Å². The molecule has 0 radical (unpaired) electrons. The highest BCUT2D eigenvalue weighted by molar-refractivity contribution is 6.31. The summed E-state index contributed by atoms with van der Waals surface area (Å²) in [6.07, 6.45) is -3.52. The zero-order chi connectivity index (χ0) is 24.3. The number of nitrogens with zero attached hydrogens (tertiary/aromatic N) is 1. The number of carboxylic acid groups (broad SMARTS) is 1. The SMILES string of the molecule is COc1ccc(C(c2cc(C(F)(F)F)ccc2Cl)N2CCCC(C(=O)O)C2)c(OC)c1OC. The second kappa shape index (κ2) is 10.1. The molecule has 1 N–H and O–H groups in total. The second-order valence-electron chi connectivity index (χ2n) is 7.73. The van der Waals surface area contributed by atoms with Crippen LogP contribution in [0, 0.1) is 5.92 Å². The van der Waals surface area contributed by atoms with E-state index in [0.717, 1.165) is 12.1 Å². The predicted molar refractivity (Wildman–Crippen MR) is 116 cm³/mol. The van der Waals surface area contributed by atoms with Crippen LogP contribution >= 0.6 is 11.6 Å². The molecule has 1 aliphatic rings. The first-order chi connectivity index (χ1) is 15.6. The highest BCUT2D eigenvalue weighted by Gasteiger charge is 2.37. The van der Waals surface area contributed by atoms with E-state index in [9.17, 15) is 23.1 Å². The lowest BCUT2D eigenvalue weighted by molar-refractivity contribution is -0.143. The monoisotopic (exact) mass is 487 g/mol. The third-order valence-corrected chi connectivity index (χ3v) is 6.16. The summed E-state index contributed by atoms with van der Waals surface area (Å²) in [4.78, 5) is 13.5. The topological polar surface area (TPSA) is 68.2 Å². The lowest BCUT2D eigenvalue weighted by atomic mass is 9.90. The molecule has 1 fully saturated rings. The Kier molecular flexibility index (Phi) is 7.64. The maximum atomic E-state index is 13.5. The van der Waals surface area contributed by atoms with Gasteiger partial charge in [-0.2, -0.15) is 13.2 Å². The first kappa shape index (κ1) is 25.0. The molecule has 1 aliphatic heterocycles. The van der Waals surface area contributed by atoms with E-state index in [2.05, 4.69) is 0 Å². The van der Waals surface area contributed by atoms with Crippen molar-refractivity contribution in [2.24, 2.45) is 5.92 Å². The van der Waals surface area contributed by atoms with E-state index in [1.165, 1.54) is 27.4 Å². The largest absolute Gasteiger partial charge is 0.493 e. The van der Waals surface area contributed by atoms with Gasteiger partial charge in [0.25, 0.3) is 0 Å². The Morgan fingerprint density at radius 2 is 1.79 bits per heavy atom. The molecule has 180 valence electrons. The Labute approximate surface area is 194 Å². The molecule has 2 unspecified atom stereocenters. The summed E-state index contributed by atoms with van der Waals surface area (Å²) in [5, 5.41) is 9.70. The van der Waals surface area contributed by atoms with Gasteiger partial charge in [0.1, 0.15) is 0 Å². The number of carboxylic acids is 1. The van der Waals surface area contributed by atoms with Gasteiger partial charge in [-0.15, -0.1) is 0 Å². The number of hydrogen-bond donors (Lipinski definition) is 1. The summed E-state index contributed by atoms with van der Waals surface area (Å²) >= 11 is 6.43. The van der Waals surface area contributed by atoms with Crippen molar-refractivity contribution in [3.05, 3.63) is 52.0 Å². The first-order valence-electron chi connectivity index (χ1n) is 10.2. The molecular weight excluding hydrogens is 463 g/mol. The van der Waals surface area contributed by atoms with Crippen LogP contribution in [0.2, 0.25) is 5.02 Å². The summed E-state index contributed by atoms with van der Waals surface area (Å²) in [7, 11) is 4.31. The molecule has 6 nitrogen and oxygen atoms in total. The van der Waals surface area contributed by atoms with Gasteiger partial charge in [-0.25, -0.2) is 0 Å². The fourth-order valence-electron chi connectivity index (χ4n) is 4.27. The molecule has 3 rings (SSSR count). The molecule has 0 saturated carbocycles. The van der Waals surface area contributed by atoms with E-state index < -0.39 is 29.7 Å². The van der Waals surface area contributed by atoms with Crippen LogP contribution in [0.3, 0.4) is 0 Å². The van der Waals surface area contributed by atoms with E-state index >= 15 is 0 Å². The zero-order valence-corrected chi connectivity index (χ0v) is 19.2. The maximum Gasteiger partial charge on any atom is 0.416 e. The number of aliphatic carboxylic acids is 1. The normalized spacial score (nSPS) is 18.0. The molecule has 1 heterocycles. The van der Waals surface area contributed by atoms with Crippen LogP contribution in [-0.4, -0.2) is 50.4 Å². The molecule has 0 amide bonds. The summed E-state index contributed by atoms with van der Waals surface area (Å²) in [6.45, 7) is 0.614. The molecule has 10 heteroatoms. The molecule has 2 aromatic rings. The van der Waals surface area contributed by atoms with E-state index in [0.29, 0.717) is 30.7 Å². The lowest BCUT2D eigenvalue weighted by Gasteiger charge is -2.38. The van der Waals surface area contributed by atoms with Crippen molar-refractivity contribution in [2.75, 3.05) is 34.4 Å². The molecule has 2 aromatic carbocycles. The number of methoxy groups -OCH3 is 3. The van der Waals surface area contributed by atoms with Crippen LogP contribution in [0.5, 0.6) is 17.2 Å². The van der Waals surface area contributed by atoms with E-state index in [-0.39, 0.29) is 28.6 Å². The van der Waals surface area contributed by atoms with Gasteiger partial charge in [0.15, 0.2) is 11.5 Å². The number of hydrogen-bond acceptors (Lipinski definition) is 5. The van der Waals surface area contributed by atoms with Crippen LogP contribution in [0.15, 0.2) is 30.3 Å². The Morgan fingerprint density at radius 3 is 2.36 bits per heavy atom. The third-order valence-electron chi connectivity index (χ3n) is 5.81. The molecular formula is C23H25ClF3NO5. The van der Waals surface area contributed by atoms with Crippen LogP contribution in [0.25, 0.3) is 0 Å². The van der Waals surface area contributed by atoms with E-state index in [1.807, 2.05) is 4.90 Å². The van der Waals surface area contributed by atoms with Crippen molar-refractivity contribution in [3.63, 3.8) is 0 Å². The van der Waals surface area contributed by atoms with Gasteiger partial charge in [-0.05, 0) is 55.3 Å². The van der Waals surface area contributed by atoms with Crippen LogP contribution in [0.1, 0.15) is 35.6 Å². The van der Waals surface area contributed by atoms with Crippen LogP contribution < -0.4 is 14.2 Å². The molecule has 0 spiro atoms. The predicted octanol–water partition coefficient (Wildman–Crippen LogP) is 5.27. The maximum absolute atomic E-state index is 13.5. The fourth-order valence-corrected chi connectivity index (χ4v) is 4.49. The van der Waals surface area contributed by atoms with Crippen LogP contribution in [0.4, 0.5) is 13.2 Å². The molecule has 0 aromatic heterocycles. The molecule has 0 aliphatic carbocycles. The Balaban J connectivity index is 2.25. The number of ether oxygens (including phenoxy) is 3. The smallest absolute Gasteiger partial charge is 0.416 e. The summed E-state index contributed by atoms with van der Waals surface area (Å²) in [5.41, 5.74) is -0.163. The number of benzene rings is 2. The van der Waals surface area contributed by atoms with Gasteiger partial charge in [-0.3, -0.25) is 9.69 Å². The number of likely N-dealkylation sites (tertiary alicyclic amines) is 1. The number of rotatable bonds is 7. The molecule has 2 atom stereocenters. The van der Waals surface area contributed by atoms with Crippen molar-refractivity contribution in [3.8, 4) is 17.2 Å². The summed E-state index contributed by atoms with van der Waals surface area (Å²) in [5.74, 6) is -0.677. The van der Waals surface area contributed by atoms with Crippen molar-refractivity contribution in [1.29, 1.82) is 0 Å². The zero-order valence-electron chi connectivity index (χ0n) is 18.4. The summed E-state index contributed by atoms with van der Waals surface area (Å²) < 4.78 is 57.0. The quantitative estimate of drug-likeness (QED) is 0.574. The minimum Gasteiger partial charge on any atom is -0.493 e. The van der Waals surface area contributed by atoms with Crippen molar-refractivity contribution in [1.82, 2.24) is 4.90 Å². The number of alkyl halides is 3. The fraction of sp³-hybridized carbons (Fsp3) is 0.435. The number of carbonyl (C=O) groups is 1. The Bertz CT molecular complexity index is 1010. The Morgan fingerprint density at radius 1 is 1.09 bits per heavy atom. The third kappa shape index (κ3) is 5.14. The van der Waals surface area contributed by atoms with Crippen LogP contribution in [-0.2, 0) is 11.0 Å². The van der Waals surface area contributed by atoms with Gasteiger partial charge in [-0.1, -0.05) is 11.6 Å². The first-order valence-corrected chi connectivity index (χ1v) is 10.6. The minimum atomic E-state index is -4.57. The number of halogens is 4. The second-order valence-corrected chi connectivity index (χ2v) is 8.14. The van der Waals surface area contributed by atoms with Crippen molar-refractivity contribution >= 4 is 17.6 Å². The molecule has 0 bridgehead atoms. The number of piperidine rings is 1. The standard InChI is InChI=1S/C23H25ClF3NO5/c1-31-18-9-7-15(20(32-2)21(18)33-3)19(28-10-4-5-13(12-28)22(29)30)16-11-14(23(25,26)27)6-8-17(16)24/h6-9,11,13,19H,4-5,10,12H2,1-3H3,(H,29,30).